The fraction of sp³-hybridized carbons (Fsp3) is 0.323. The number of sulfonamides is 1. The molecule has 1 saturated heterocycles. The van der Waals surface area contributed by atoms with E-state index in [0.29, 0.717) is 37.4 Å². The predicted molar refractivity (Wildman–Crippen MR) is 154 cm³/mol. The number of rotatable bonds is 11. The standard InChI is InChI=1S/C31H35N3O5S/c1-25-14-15-28(39-25)23-33(22-26-8-3-2-4-9-26)31(35)24-34(17-16-32-18-20-38-21-19-32)40(36,37)30-13-7-11-27-10-5-6-12-29(27)30/h2-15H,16-24H2,1H3. The summed E-state index contributed by atoms with van der Waals surface area (Å²) in [6.45, 7) is 5.55. The van der Waals surface area contributed by atoms with Gasteiger partial charge in [-0.3, -0.25) is 9.69 Å². The third-order valence-electron chi connectivity index (χ3n) is 7.16. The Bertz CT molecular complexity index is 1530. The average molecular weight is 562 g/mol. The lowest BCUT2D eigenvalue weighted by Gasteiger charge is -2.31. The van der Waals surface area contributed by atoms with Gasteiger partial charge in [0.05, 0.1) is 31.2 Å². The highest BCUT2D eigenvalue weighted by Crippen LogP contribution is 2.26. The molecule has 1 aliphatic heterocycles. The first-order valence-electron chi connectivity index (χ1n) is 13.6. The maximum absolute atomic E-state index is 14.2. The Balaban J connectivity index is 1.44. The van der Waals surface area contributed by atoms with Crippen LogP contribution >= 0.6 is 0 Å². The van der Waals surface area contributed by atoms with Gasteiger partial charge in [0.2, 0.25) is 15.9 Å². The van der Waals surface area contributed by atoms with Gasteiger partial charge in [0.25, 0.3) is 0 Å². The van der Waals surface area contributed by atoms with Gasteiger partial charge in [0, 0.05) is 38.1 Å². The van der Waals surface area contributed by atoms with E-state index in [9.17, 15) is 13.2 Å². The summed E-state index contributed by atoms with van der Waals surface area (Å²) in [5, 5.41) is 1.47. The Morgan fingerprint density at radius 1 is 0.875 bits per heavy atom. The van der Waals surface area contributed by atoms with Crippen LogP contribution in [0.1, 0.15) is 17.1 Å². The molecule has 0 spiro atoms. The van der Waals surface area contributed by atoms with Crippen molar-refractivity contribution in [1.82, 2.24) is 14.1 Å². The monoisotopic (exact) mass is 561 g/mol. The molecule has 5 rings (SSSR count). The van der Waals surface area contributed by atoms with E-state index in [1.54, 1.807) is 17.0 Å². The van der Waals surface area contributed by atoms with E-state index in [4.69, 9.17) is 9.15 Å². The number of carbonyl (C=O) groups excluding carboxylic acids is 1. The van der Waals surface area contributed by atoms with Crippen LogP contribution < -0.4 is 0 Å². The van der Waals surface area contributed by atoms with Crippen molar-refractivity contribution in [3.05, 3.63) is 102 Å². The Morgan fingerprint density at radius 2 is 1.60 bits per heavy atom. The molecule has 0 unspecified atom stereocenters. The Hall–Kier alpha value is -3.50. The second kappa shape index (κ2) is 12.8. The van der Waals surface area contributed by atoms with Gasteiger partial charge in [-0.05, 0) is 36.1 Å². The van der Waals surface area contributed by atoms with Gasteiger partial charge in [0.15, 0.2) is 0 Å². The van der Waals surface area contributed by atoms with Gasteiger partial charge in [-0.15, -0.1) is 0 Å². The van der Waals surface area contributed by atoms with Gasteiger partial charge >= 0.3 is 0 Å². The Morgan fingerprint density at radius 3 is 2.35 bits per heavy atom. The molecule has 40 heavy (non-hydrogen) atoms. The molecule has 0 atom stereocenters. The Labute approximate surface area is 235 Å². The molecular weight excluding hydrogens is 526 g/mol. The molecule has 0 radical (unpaired) electrons. The van der Waals surface area contributed by atoms with Gasteiger partial charge in [-0.1, -0.05) is 66.7 Å². The summed E-state index contributed by atoms with van der Waals surface area (Å²) in [5.41, 5.74) is 0.955. The van der Waals surface area contributed by atoms with Crippen molar-refractivity contribution in [1.29, 1.82) is 0 Å². The smallest absolute Gasteiger partial charge is 0.244 e. The van der Waals surface area contributed by atoms with Crippen LogP contribution in [0.15, 0.2) is 94.2 Å². The molecule has 8 nitrogen and oxygen atoms in total. The van der Waals surface area contributed by atoms with Gasteiger partial charge in [0.1, 0.15) is 11.5 Å². The number of carbonyl (C=O) groups is 1. The largest absolute Gasteiger partial charge is 0.464 e. The maximum atomic E-state index is 14.2. The van der Waals surface area contributed by atoms with E-state index in [2.05, 4.69) is 4.90 Å². The molecule has 0 bridgehead atoms. The van der Waals surface area contributed by atoms with E-state index in [0.717, 1.165) is 29.8 Å². The molecule has 1 fully saturated rings. The van der Waals surface area contributed by atoms with Crippen LogP contribution in [-0.4, -0.2) is 74.4 Å². The van der Waals surface area contributed by atoms with Crippen molar-refractivity contribution in [2.45, 2.75) is 24.9 Å². The summed E-state index contributed by atoms with van der Waals surface area (Å²) in [4.78, 5) is 17.9. The molecule has 0 N–H and O–H groups in total. The zero-order valence-electron chi connectivity index (χ0n) is 22.7. The average Bonchev–Trinajstić information content (AvgIpc) is 3.39. The number of hydrogen-bond acceptors (Lipinski definition) is 6. The first kappa shape index (κ1) is 28.0. The third-order valence-corrected chi connectivity index (χ3v) is 9.06. The minimum absolute atomic E-state index is 0.191. The molecule has 3 aromatic carbocycles. The number of amides is 1. The van der Waals surface area contributed by atoms with E-state index >= 15 is 0 Å². The van der Waals surface area contributed by atoms with Crippen LogP contribution in [0.5, 0.6) is 0 Å². The molecule has 1 aromatic heterocycles. The number of fused-ring (bicyclic) bond motifs is 1. The van der Waals surface area contributed by atoms with Gasteiger partial charge < -0.3 is 14.1 Å². The van der Waals surface area contributed by atoms with Crippen LogP contribution in [0, 0.1) is 6.92 Å². The minimum Gasteiger partial charge on any atom is -0.464 e. The number of furan rings is 1. The van der Waals surface area contributed by atoms with Crippen molar-refractivity contribution in [2.75, 3.05) is 45.9 Å². The van der Waals surface area contributed by atoms with Gasteiger partial charge in [-0.2, -0.15) is 4.31 Å². The number of morpholine rings is 1. The van der Waals surface area contributed by atoms with E-state index < -0.39 is 10.0 Å². The summed E-state index contributed by atoms with van der Waals surface area (Å²) in [6.07, 6.45) is 0. The first-order valence-corrected chi connectivity index (χ1v) is 15.0. The summed E-state index contributed by atoms with van der Waals surface area (Å²) in [7, 11) is -3.99. The zero-order valence-corrected chi connectivity index (χ0v) is 23.6. The number of hydrogen-bond donors (Lipinski definition) is 0. The lowest BCUT2D eigenvalue weighted by Crippen LogP contribution is -2.47. The van der Waals surface area contributed by atoms with Crippen LogP contribution in [0.25, 0.3) is 10.8 Å². The van der Waals surface area contributed by atoms with Gasteiger partial charge in [-0.25, -0.2) is 8.42 Å². The van der Waals surface area contributed by atoms with Crippen LogP contribution in [0.4, 0.5) is 0 Å². The third kappa shape index (κ3) is 6.79. The SMILES string of the molecule is Cc1ccc(CN(Cc2ccccc2)C(=O)CN(CCN2CCOCC2)S(=O)(=O)c2cccc3ccccc23)o1. The lowest BCUT2D eigenvalue weighted by molar-refractivity contribution is -0.133. The fourth-order valence-electron chi connectivity index (χ4n) is 4.97. The van der Waals surface area contributed by atoms with Crippen molar-refractivity contribution < 1.29 is 22.4 Å². The van der Waals surface area contributed by atoms with E-state index in [1.165, 1.54) is 4.31 Å². The van der Waals surface area contributed by atoms with E-state index in [-0.39, 0.29) is 30.4 Å². The summed E-state index contributed by atoms with van der Waals surface area (Å²) in [5.74, 6) is 1.12. The molecule has 0 saturated carbocycles. The summed E-state index contributed by atoms with van der Waals surface area (Å²) >= 11 is 0. The lowest BCUT2D eigenvalue weighted by atomic mass is 10.1. The number of ether oxygens (including phenoxy) is 1. The van der Waals surface area contributed by atoms with Crippen LogP contribution in [0.2, 0.25) is 0 Å². The minimum atomic E-state index is -3.99. The second-order valence-corrected chi connectivity index (χ2v) is 11.9. The highest BCUT2D eigenvalue weighted by Gasteiger charge is 2.31. The number of benzene rings is 3. The highest BCUT2D eigenvalue weighted by atomic mass is 32.2. The zero-order chi connectivity index (χ0) is 28.0. The van der Waals surface area contributed by atoms with Crippen molar-refractivity contribution in [2.24, 2.45) is 0 Å². The van der Waals surface area contributed by atoms with Crippen molar-refractivity contribution >= 4 is 26.7 Å². The van der Waals surface area contributed by atoms with Crippen LogP contribution in [0.3, 0.4) is 0 Å². The number of nitrogens with zero attached hydrogens (tertiary/aromatic N) is 3. The second-order valence-electron chi connectivity index (χ2n) is 10.0. The van der Waals surface area contributed by atoms with Crippen molar-refractivity contribution in [3.8, 4) is 0 Å². The summed E-state index contributed by atoms with van der Waals surface area (Å²) < 4.78 is 40.9. The summed E-state index contributed by atoms with van der Waals surface area (Å²) in [6, 6.07) is 26.1. The Kier molecular flexibility index (Phi) is 8.96. The quantitative estimate of drug-likeness (QED) is 0.272. The predicted octanol–water partition coefficient (Wildman–Crippen LogP) is 4.29. The normalized spacial score (nSPS) is 14.6. The molecule has 4 aromatic rings. The molecule has 2 heterocycles. The molecule has 1 amide bonds. The molecular formula is C31H35N3O5S. The topological polar surface area (TPSA) is 83.3 Å². The molecule has 0 aliphatic carbocycles. The molecule has 210 valence electrons. The highest BCUT2D eigenvalue weighted by molar-refractivity contribution is 7.89. The van der Waals surface area contributed by atoms with Crippen molar-refractivity contribution in [3.63, 3.8) is 0 Å². The van der Waals surface area contributed by atoms with E-state index in [1.807, 2.05) is 79.7 Å². The first-order chi connectivity index (χ1) is 19.4. The van der Waals surface area contributed by atoms with Crippen LogP contribution in [-0.2, 0) is 32.6 Å². The number of aryl methyl sites for hydroxylation is 1. The molecule has 9 heteroatoms. The maximum Gasteiger partial charge on any atom is 0.244 e. The molecule has 1 aliphatic rings. The fourth-order valence-corrected chi connectivity index (χ4v) is 6.56.